The molecule has 0 fully saturated rings. The number of fused-ring (bicyclic) bond motifs is 1. The molecule has 1 aromatic rings. The minimum absolute atomic E-state index is 0.0130. The van der Waals surface area contributed by atoms with E-state index in [0.717, 1.165) is 16.7 Å². The van der Waals surface area contributed by atoms with Gasteiger partial charge in [0.2, 0.25) is 0 Å². The molecule has 0 radical (unpaired) electrons. The van der Waals surface area contributed by atoms with Crippen LogP contribution in [0.5, 0.6) is 0 Å². The van der Waals surface area contributed by atoms with Gasteiger partial charge in [0, 0.05) is 18.2 Å². The summed E-state index contributed by atoms with van der Waals surface area (Å²) in [5.74, 6) is 0. The van der Waals surface area contributed by atoms with Gasteiger partial charge in [-0.2, -0.15) is 5.10 Å². The van der Waals surface area contributed by atoms with Crippen molar-refractivity contribution in [3.63, 3.8) is 0 Å². The van der Waals surface area contributed by atoms with Gasteiger partial charge in [-0.05, 0) is 11.6 Å². The third-order valence-electron chi connectivity index (χ3n) is 2.34. The quantitative estimate of drug-likeness (QED) is 0.679. The van der Waals surface area contributed by atoms with Crippen LogP contribution in [0.2, 0.25) is 0 Å². The summed E-state index contributed by atoms with van der Waals surface area (Å²) in [5, 5.41) is 24.2. The smallest absolute Gasteiger partial charge is 0.168 e. The van der Waals surface area contributed by atoms with Crippen molar-refractivity contribution in [2.24, 2.45) is 5.10 Å². The summed E-state index contributed by atoms with van der Waals surface area (Å²) in [6.07, 6.45) is 0.977. The summed E-state index contributed by atoms with van der Waals surface area (Å²) in [6, 6.07) is 5.46. The Labute approximate surface area is 82.1 Å². The Morgan fingerprint density at radius 2 is 2.29 bits per heavy atom. The SMILES string of the molecule is CN1N=Cc2ccc(CO)cc2C1O. The largest absolute Gasteiger partial charge is 0.392 e. The van der Waals surface area contributed by atoms with Gasteiger partial charge in [-0.25, -0.2) is 0 Å². The lowest BCUT2D eigenvalue weighted by atomic mass is 10.0. The summed E-state index contributed by atoms with van der Waals surface area (Å²) < 4.78 is 0. The van der Waals surface area contributed by atoms with E-state index in [2.05, 4.69) is 5.10 Å². The molecule has 1 aliphatic heterocycles. The van der Waals surface area contributed by atoms with Crippen LogP contribution in [0.4, 0.5) is 0 Å². The molecule has 2 rings (SSSR count). The van der Waals surface area contributed by atoms with Gasteiger partial charge in [0.05, 0.1) is 12.8 Å². The first-order valence-electron chi connectivity index (χ1n) is 4.41. The maximum Gasteiger partial charge on any atom is 0.168 e. The van der Waals surface area contributed by atoms with Gasteiger partial charge in [0.25, 0.3) is 0 Å². The van der Waals surface area contributed by atoms with Crippen molar-refractivity contribution in [2.45, 2.75) is 12.8 Å². The zero-order valence-corrected chi connectivity index (χ0v) is 7.88. The number of aliphatic hydroxyl groups is 2. The van der Waals surface area contributed by atoms with Crippen molar-refractivity contribution < 1.29 is 10.2 Å². The van der Waals surface area contributed by atoms with E-state index in [0.29, 0.717) is 0 Å². The van der Waals surface area contributed by atoms with Crippen molar-refractivity contribution >= 4 is 6.21 Å². The molecule has 4 nitrogen and oxygen atoms in total. The summed E-state index contributed by atoms with van der Waals surface area (Å²) in [5.41, 5.74) is 2.48. The first kappa shape index (κ1) is 9.18. The van der Waals surface area contributed by atoms with Gasteiger partial charge in [0.1, 0.15) is 0 Å². The Hall–Kier alpha value is -1.39. The molecule has 0 saturated heterocycles. The zero-order chi connectivity index (χ0) is 10.1. The molecule has 0 saturated carbocycles. The second kappa shape index (κ2) is 3.40. The lowest BCUT2D eigenvalue weighted by Crippen LogP contribution is -2.24. The van der Waals surface area contributed by atoms with E-state index >= 15 is 0 Å². The molecule has 1 unspecified atom stereocenters. The molecule has 14 heavy (non-hydrogen) atoms. The highest BCUT2D eigenvalue weighted by Crippen LogP contribution is 2.24. The molecule has 1 atom stereocenters. The summed E-state index contributed by atoms with van der Waals surface area (Å²) >= 11 is 0. The van der Waals surface area contributed by atoms with Crippen LogP contribution in [0.3, 0.4) is 0 Å². The molecule has 74 valence electrons. The Balaban J connectivity index is 2.48. The molecular formula is C10H12N2O2. The molecule has 0 spiro atoms. The van der Waals surface area contributed by atoms with Crippen molar-refractivity contribution in [1.82, 2.24) is 5.01 Å². The molecule has 1 heterocycles. The van der Waals surface area contributed by atoms with E-state index < -0.39 is 6.23 Å². The number of hydrogen-bond acceptors (Lipinski definition) is 4. The van der Waals surface area contributed by atoms with E-state index in [-0.39, 0.29) is 6.61 Å². The molecule has 2 N–H and O–H groups in total. The first-order chi connectivity index (χ1) is 6.72. The van der Waals surface area contributed by atoms with Gasteiger partial charge < -0.3 is 10.2 Å². The van der Waals surface area contributed by atoms with Gasteiger partial charge >= 0.3 is 0 Å². The van der Waals surface area contributed by atoms with Crippen molar-refractivity contribution in [3.8, 4) is 0 Å². The van der Waals surface area contributed by atoms with Crippen LogP contribution in [-0.2, 0) is 6.61 Å². The Morgan fingerprint density at radius 1 is 1.50 bits per heavy atom. The fourth-order valence-electron chi connectivity index (χ4n) is 1.48. The molecule has 0 aliphatic carbocycles. The normalized spacial score (nSPS) is 19.6. The number of hydrogen-bond donors (Lipinski definition) is 2. The minimum Gasteiger partial charge on any atom is -0.392 e. The topological polar surface area (TPSA) is 56.1 Å². The van der Waals surface area contributed by atoms with Crippen molar-refractivity contribution in [1.29, 1.82) is 0 Å². The zero-order valence-electron chi connectivity index (χ0n) is 7.88. The van der Waals surface area contributed by atoms with Crippen LogP contribution in [0.1, 0.15) is 22.9 Å². The molecule has 0 bridgehead atoms. The predicted molar refractivity (Wildman–Crippen MR) is 52.7 cm³/mol. The minimum atomic E-state index is -0.721. The number of hydrazone groups is 1. The summed E-state index contributed by atoms with van der Waals surface area (Å²) in [6.45, 7) is -0.0130. The van der Waals surface area contributed by atoms with Crippen LogP contribution < -0.4 is 0 Å². The third-order valence-corrected chi connectivity index (χ3v) is 2.34. The van der Waals surface area contributed by atoms with E-state index in [1.54, 1.807) is 19.3 Å². The standard InChI is InChI=1S/C10H12N2O2/c1-12-10(14)9-4-7(6-13)2-3-8(9)5-11-12/h2-5,10,13-14H,6H2,1H3. The van der Waals surface area contributed by atoms with Crippen molar-refractivity contribution in [2.75, 3.05) is 7.05 Å². The number of aliphatic hydroxyl groups excluding tert-OH is 2. The predicted octanol–water partition coefficient (Wildman–Crippen LogP) is 0.449. The third kappa shape index (κ3) is 1.38. The molecule has 0 aromatic heterocycles. The number of benzene rings is 1. The van der Waals surface area contributed by atoms with E-state index in [4.69, 9.17) is 5.11 Å². The van der Waals surface area contributed by atoms with Gasteiger partial charge in [-0.15, -0.1) is 0 Å². The average molecular weight is 192 g/mol. The van der Waals surface area contributed by atoms with Crippen LogP contribution in [0, 0.1) is 0 Å². The molecule has 4 heteroatoms. The van der Waals surface area contributed by atoms with Crippen molar-refractivity contribution in [3.05, 3.63) is 34.9 Å². The Bertz CT molecular complexity index is 376. The van der Waals surface area contributed by atoms with Gasteiger partial charge in [-0.3, -0.25) is 5.01 Å². The number of nitrogens with zero attached hydrogens (tertiary/aromatic N) is 2. The maximum absolute atomic E-state index is 9.78. The number of rotatable bonds is 1. The lowest BCUT2D eigenvalue weighted by molar-refractivity contribution is 0.0203. The fourth-order valence-corrected chi connectivity index (χ4v) is 1.48. The molecule has 0 amide bonds. The highest BCUT2D eigenvalue weighted by molar-refractivity contribution is 5.82. The molecule has 1 aliphatic rings. The van der Waals surface area contributed by atoms with Crippen LogP contribution in [0.15, 0.2) is 23.3 Å². The molecule has 1 aromatic carbocycles. The molecular weight excluding hydrogens is 180 g/mol. The van der Waals surface area contributed by atoms with Gasteiger partial charge in [-0.1, -0.05) is 12.1 Å². The van der Waals surface area contributed by atoms with E-state index in [1.807, 2.05) is 12.1 Å². The first-order valence-corrected chi connectivity index (χ1v) is 4.41. The summed E-state index contributed by atoms with van der Waals surface area (Å²) in [4.78, 5) is 0. The maximum atomic E-state index is 9.78. The van der Waals surface area contributed by atoms with E-state index in [1.165, 1.54) is 5.01 Å². The fraction of sp³-hybridized carbons (Fsp3) is 0.300. The highest BCUT2D eigenvalue weighted by Gasteiger charge is 2.19. The van der Waals surface area contributed by atoms with E-state index in [9.17, 15) is 5.11 Å². The second-order valence-electron chi connectivity index (χ2n) is 3.31. The highest BCUT2D eigenvalue weighted by atomic mass is 16.3. The monoisotopic (exact) mass is 192 g/mol. The van der Waals surface area contributed by atoms with Crippen LogP contribution in [-0.4, -0.2) is 28.5 Å². The Kier molecular flexibility index (Phi) is 2.23. The summed E-state index contributed by atoms with van der Waals surface area (Å²) in [7, 11) is 1.70. The lowest BCUT2D eigenvalue weighted by Gasteiger charge is -2.26. The average Bonchev–Trinajstić information content (AvgIpc) is 2.23. The van der Waals surface area contributed by atoms with Crippen LogP contribution in [0.25, 0.3) is 0 Å². The van der Waals surface area contributed by atoms with Crippen LogP contribution >= 0.6 is 0 Å². The van der Waals surface area contributed by atoms with Gasteiger partial charge in [0.15, 0.2) is 6.23 Å². The Morgan fingerprint density at radius 3 is 3.00 bits per heavy atom. The second-order valence-corrected chi connectivity index (χ2v) is 3.31.